The number of amidine groups is 1. The van der Waals surface area contributed by atoms with Crippen LogP contribution < -0.4 is 10.6 Å². The fourth-order valence-electron chi connectivity index (χ4n) is 2.77. The zero-order valence-electron chi connectivity index (χ0n) is 13.8. The van der Waals surface area contributed by atoms with Gasteiger partial charge in [0.25, 0.3) is 0 Å². The molecular formula is C18H18ClF3N4. The van der Waals surface area contributed by atoms with Gasteiger partial charge >= 0.3 is 6.18 Å². The maximum absolute atomic E-state index is 13.1. The first-order valence-corrected chi connectivity index (χ1v) is 8.51. The average molecular weight is 383 g/mol. The Kier molecular flexibility index (Phi) is 5.38. The highest BCUT2D eigenvalue weighted by Crippen LogP contribution is 2.33. The van der Waals surface area contributed by atoms with Gasteiger partial charge in [-0.25, -0.2) is 0 Å². The van der Waals surface area contributed by atoms with E-state index < -0.39 is 11.7 Å². The van der Waals surface area contributed by atoms with Crippen LogP contribution in [0.4, 0.5) is 24.5 Å². The summed E-state index contributed by atoms with van der Waals surface area (Å²) in [5.41, 5.74) is 0.582. The van der Waals surface area contributed by atoms with Crippen LogP contribution in [0.15, 0.2) is 42.5 Å². The van der Waals surface area contributed by atoms with Gasteiger partial charge in [-0.1, -0.05) is 11.6 Å². The van der Waals surface area contributed by atoms with Gasteiger partial charge < -0.3 is 15.5 Å². The summed E-state index contributed by atoms with van der Waals surface area (Å²) in [6, 6.07) is 10.3. The first-order chi connectivity index (χ1) is 12.3. The molecule has 1 fully saturated rings. The summed E-state index contributed by atoms with van der Waals surface area (Å²) in [6.07, 6.45) is -4.46. The van der Waals surface area contributed by atoms with E-state index in [2.05, 4.69) is 10.6 Å². The second-order valence-electron chi connectivity index (χ2n) is 5.98. The van der Waals surface area contributed by atoms with E-state index in [4.69, 9.17) is 17.0 Å². The van der Waals surface area contributed by atoms with Crippen molar-refractivity contribution in [2.24, 2.45) is 0 Å². The molecule has 1 aliphatic rings. The summed E-state index contributed by atoms with van der Waals surface area (Å²) in [4.78, 5) is 1.78. The third-order valence-corrected chi connectivity index (χ3v) is 4.41. The van der Waals surface area contributed by atoms with Gasteiger partial charge in [-0.15, -0.1) is 0 Å². The molecule has 0 atom stereocenters. The number of nitrogens with one attached hydrogen (secondary N) is 3. The van der Waals surface area contributed by atoms with Crippen molar-refractivity contribution >= 4 is 28.8 Å². The second kappa shape index (κ2) is 7.55. The van der Waals surface area contributed by atoms with Crippen LogP contribution in [-0.2, 0) is 6.18 Å². The van der Waals surface area contributed by atoms with E-state index in [1.54, 1.807) is 29.2 Å². The summed E-state index contributed by atoms with van der Waals surface area (Å²) in [7, 11) is 0. The normalized spacial score (nSPS) is 15.0. The van der Waals surface area contributed by atoms with E-state index >= 15 is 0 Å². The Morgan fingerprint density at radius 2 is 1.73 bits per heavy atom. The molecule has 0 saturated carbocycles. The Hall–Kier alpha value is -2.25. The molecule has 1 saturated heterocycles. The quantitative estimate of drug-likeness (QED) is 0.547. The molecule has 8 heteroatoms. The van der Waals surface area contributed by atoms with Crippen LogP contribution in [0.2, 0.25) is 5.02 Å². The Labute approximate surface area is 154 Å². The highest BCUT2D eigenvalue weighted by Gasteiger charge is 2.32. The predicted octanol–water partition coefficient (Wildman–Crippen LogP) is 4.33. The van der Waals surface area contributed by atoms with Gasteiger partial charge in [0.1, 0.15) is 5.84 Å². The van der Waals surface area contributed by atoms with Gasteiger partial charge in [-0.05, 0) is 42.5 Å². The van der Waals surface area contributed by atoms with Crippen molar-refractivity contribution < 1.29 is 13.2 Å². The van der Waals surface area contributed by atoms with Crippen molar-refractivity contribution in [1.29, 1.82) is 5.41 Å². The maximum Gasteiger partial charge on any atom is 0.416 e. The predicted molar refractivity (Wildman–Crippen MR) is 97.5 cm³/mol. The molecule has 1 aliphatic heterocycles. The molecule has 0 bridgehead atoms. The number of benzene rings is 2. The molecule has 2 aromatic rings. The van der Waals surface area contributed by atoms with Crippen LogP contribution >= 0.6 is 11.6 Å². The van der Waals surface area contributed by atoms with Gasteiger partial charge in [0, 0.05) is 48.1 Å². The third-order valence-electron chi connectivity index (χ3n) is 4.16. The smallest absolute Gasteiger partial charge is 0.355 e. The second-order valence-corrected chi connectivity index (χ2v) is 6.41. The number of hydrogen-bond donors (Lipinski definition) is 3. The Morgan fingerprint density at radius 3 is 2.35 bits per heavy atom. The molecule has 138 valence electrons. The Morgan fingerprint density at radius 1 is 1.08 bits per heavy atom. The lowest BCUT2D eigenvalue weighted by Gasteiger charge is -2.30. The van der Waals surface area contributed by atoms with Crippen molar-refractivity contribution in [3.05, 3.63) is 58.6 Å². The summed E-state index contributed by atoms with van der Waals surface area (Å²) >= 11 is 5.87. The monoisotopic (exact) mass is 382 g/mol. The summed E-state index contributed by atoms with van der Waals surface area (Å²) in [5, 5.41) is 15.3. The number of anilines is 2. The standard InChI is InChI=1S/C18H18ClF3N4/c19-13-2-4-14(5-3-13)25-16-6-1-12(18(20,21)22)11-15(16)17(23)26-9-7-24-8-10-26/h1-6,11,23-25H,7-10H2. The molecule has 0 spiro atoms. The van der Waals surface area contributed by atoms with Crippen LogP contribution in [0, 0.1) is 5.41 Å². The number of halogens is 4. The molecule has 0 aliphatic carbocycles. The lowest BCUT2D eigenvalue weighted by molar-refractivity contribution is -0.137. The van der Waals surface area contributed by atoms with E-state index in [0.29, 0.717) is 42.6 Å². The maximum atomic E-state index is 13.1. The first kappa shape index (κ1) is 18.5. The molecule has 3 rings (SSSR count). The third kappa shape index (κ3) is 4.28. The number of nitrogens with zero attached hydrogens (tertiary/aromatic N) is 1. The highest BCUT2D eigenvalue weighted by molar-refractivity contribution is 6.30. The summed E-state index contributed by atoms with van der Waals surface area (Å²) in [6.45, 7) is 2.55. The Balaban J connectivity index is 1.96. The molecule has 3 N–H and O–H groups in total. The van der Waals surface area contributed by atoms with E-state index in [1.807, 2.05) is 0 Å². The summed E-state index contributed by atoms with van der Waals surface area (Å²) < 4.78 is 39.4. The van der Waals surface area contributed by atoms with Crippen LogP contribution in [0.1, 0.15) is 11.1 Å². The molecule has 0 amide bonds. The van der Waals surface area contributed by atoms with Crippen molar-refractivity contribution in [3.8, 4) is 0 Å². The van der Waals surface area contributed by atoms with Crippen LogP contribution in [0.25, 0.3) is 0 Å². The molecule has 26 heavy (non-hydrogen) atoms. The molecule has 4 nitrogen and oxygen atoms in total. The molecule has 0 unspecified atom stereocenters. The van der Waals surface area contributed by atoms with Gasteiger partial charge in [0.05, 0.1) is 5.56 Å². The zero-order valence-corrected chi connectivity index (χ0v) is 14.6. The molecule has 0 aromatic heterocycles. The van der Waals surface area contributed by atoms with Gasteiger partial charge in [-0.3, -0.25) is 5.41 Å². The number of hydrogen-bond acceptors (Lipinski definition) is 3. The number of rotatable bonds is 3. The average Bonchev–Trinajstić information content (AvgIpc) is 2.63. The van der Waals surface area contributed by atoms with E-state index in [1.165, 1.54) is 6.07 Å². The molecule has 0 radical (unpaired) electrons. The fraction of sp³-hybridized carbons (Fsp3) is 0.278. The lowest BCUT2D eigenvalue weighted by atomic mass is 10.1. The van der Waals surface area contributed by atoms with Crippen LogP contribution in [-0.4, -0.2) is 36.9 Å². The van der Waals surface area contributed by atoms with Crippen molar-refractivity contribution in [2.45, 2.75) is 6.18 Å². The van der Waals surface area contributed by atoms with Crippen molar-refractivity contribution in [2.75, 3.05) is 31.5 Å². The highest BCUT2D eigenvalue weighted by atomic mass is 35.5. The zero-order chi connectivity index (χ0) is 18.7. The Bertz CT molecular complexity index is 784. The number of piperazine rings is 1. The minimum absolute atomic E-state index is 0.0778. The van der Waals surface area contributed by atoms with Crippen molar-refractivity contribution in [3.63, 3.8) is 0 Å². The topological polar surface area (TPSA) is 51.2 Å². The van der Waals surface area contributed by atoms with E-state index in [9.17, 15) is 13.2 Å². The largest absolute Gasteiger partial charge is 0.416 e. The molecule has 2 aromatic carbocycles. The number of alkyl halides is 3. The lowest BCUT2D eigenvalue weighted by Crippen LogP contribution is -2.46. The first-order valence-electron chi connectivity index (χ1n) is 8.13. The van der Waals surface area contributed by atoms with Gasteiger partial charge in [0.15, 0.2) is 0 Å². The minimum Gasteiger partial charge on any atom is -0.355 e. The minimum atomic E-state index is -4.46. The van der Waals surface area contributed by atoms with E-state index in [-0.39, 0.29) is 11.4 Å². The van der Waals surface area contributed by atoms with Crippen LogP contribution in [0.3, 0.4) is 0 Å². The van der Waals surface area contributed by atoms with E-state index in [0.717, 1.165) is 12.1 Å². The van der Waals surface area contributed by atoms with Gasteiger partial charge in [-0.2, -0.15) is 13.2 Å². The van der Waals surface area contributed by atoms with Gasteiger partial charge in [0.2, 0.25) is 0 Å². The molecule has 1 heterocycles. The fourth-order valence-corrected chi connectivity index (χ4v) is 2.90. The molecular weight excluding hydrogens is 365 g/mol. The van der Waals surface area contributed by atoms with Crippen molar-refractivity contribution in [1.82, 2.24) is 10.2 Å². The SMILES string of the molecule is N=C(c1cc(C(F)(F)F)ccc1Nc1ccc(Cl)cc1)N1CCNCC1. The summed E-state index contributed by atoms with van der Waals surface area (Å²) in [5.74, 6) is 0.0778. The van der Waals surface area contributed by atoms with Crippen LogP contribution in [0.5, 0.6) is 0 Å².